The fourth-order valence-corrected chi connectivity index (χ4v) is 2.85. The molecule has 0 aromatic carbocycles. The van der Waals surface area contributed by atoms with Crippen molar-refractivity contribution in [1.29, 1.82) is 0 Å². The Morgan fingerprint density at radius 1 is 1.30 bits per heavy atom. The van der Waals surface area contributed by atoms with Crippen LogP contribution in [-0.4, -0.2) is 41.5 Å². The highest BCUT2D eigenvalue weighted by Crippen LogP contribution is 2.26. The lowest BCUT2D eigenvalue weighted by atomic mass is 9.85. The van der Waals surface area contributed by atoms with Gasteiger partial charge in [0, 0.05) is 17.4 Å². The maximum Gasteiger partial charge on any atom is 0.142 e. The van der Waals surface area contributed by atoms with E-state index < -0.39 is 0 Å². The van der Waals surface area contributed by atoms with Crippen molar-refractivity contribution in [2.24, 2.45) is 5.92 Å². The summed E-state index contributed by atoms with van der Waals surface area (Å²) in [4.78, 5) is 11.6. The summed E-state index contributed by atoms with van der Waals surface area (Å²) >= 11 is 0. The monoisotopic (exact) mass is 276 g/mol. The Kier molecular flexibility index (Phi) is 5.11. The average Bonchev–Trinajstić information content (AvgIpc) is 2.35. The van der Waals surface area contributed by atoms with Crippen LogP contribution >= 0.6 is 0 Å². The quantitative estimate of drug-likeness (QED) is 0.892. The Bertz CT molecular complexity index is 454. The van der Waals surface area contributed by atoms with Crippen LogP contribution in [0.2, 0.25) is 0 Å². The van der Waals surface area contributed by atoms with E-state index in [0.717, 1.165) is 37.7 Å². The normalized spacial score (nSPS) is 18.6. The molecule has 112 valence electrons. The lowest BCUT2D eigenvalue weighted by Crippen LogP contribution is -2.32. The molecule has 0 saturated carbocycles. The second-order valence-electron chi connectivity index (χ2n) is 6.56. The van der Waals surface area contributed by atoms with Gasteiger partial charge in [-0.25, -0.2) is 9.97 Å². The zero-order valence-electron chi connectivity index (χ0n) is 13.5. The van der Waals surface area contributed by atoms with Gasteiger partial charge in [-0.1, -0.05) is 13.8 Å². The molecule has 0 fully saturated rings. The molecule has 0 radical (unpaired) electrons. The molecule has 1 unspecified atom stereocenters. The number of aryl methyl sites for hydroxylation is 2. The third kappa shape index (κ3) is 4.00. The highest BCUT2D eigenvalue weighted by atomic mass is 15.1. The zero-order valence-corrected chi connectivity index (χ0v) is 13.5. The molecule has 0 amide bonds. The third-order valence-corrected chi connectivity index (χ3v) is 3.90. The number of hydrogen-bond acceptors (Lipinski definition) is 4. The number of nitrogens with one attached hydrogen (secondary N) is 1. The first kappa shape index (κ1) is 15.4. The lowest BCUT2D eigenvalue weighted by Gasteiger charge is -2.26. The second-order valence-corrected chi connectivity index (χ2v) is 6.56. The van der Waals surface area contributed by atoms with Gasteiger partial charge in [-0.05, 0) is 58.3 Å². The average molecular weight is 276 g/mol. The Labute approximate surface area is 123 Å². The molecule has 0 spiro atoms. The number of rotatable bonds is 5. The molecule has 1 aromatic rings. The van der Waals surface area contributed by atoms with Crippen molar-refractivity contribution in [3.63, 3.8) is 0 Å². The molecule has 4 nitrogen and oxygen atoms in total. The highest BCUT2D eigenvalue weighted by Gasteiger charge is 2.22. The van der Waals surface area contributed by atoms with Crippen LogP contribution in [0.5, 0.6) is 0 Å². The van der Waals surface area contributed by atoms with Crippen molar-refractivity contribution < 1.29 is 0 Å². The molecule has 0 aliphatic heterocycles. The number of aromatic nitrogens is 2. The lowest BCUT2D eigenvalue weighted by molar-refractivity contribution is 0.380. The van der Waals surface area contributed by atoms with E-state index in [1.54, 1.807) is 0 Å². The predicted molar refractivity (Wildman–Crippen MR) is 82.8 cm³/mol. The summed E-state index contributed by atoms with van der Waals surface area (Å²) in [5.41, 5.74) is 3.87. The van der Waals surface area contributed by atoms with E-state index >= 15 is 0 Å². The fraction of sp³-hybridized carbons (Fsp3) is 0.750. The molecule has 1 N–H and O–H groups in total. The molecule has 4 heteroatoms. The largest absolute Gasteiger partial charge is 0.314 e. The Hall–Kier alpha value is -1.00. The molecular weight excluding hydrogens is 248 g/mol. The van der Waals surface area contributed by atoms with Crippen LogP contribution in [0.25, 0.3) is 0 Å². The molecule has 1 aromatic heterocycles. The summed E-state index contributed by atoms with van der Waals surface area (Å²) in [5, 5.41) is 3.56. The summed E-state index contributed by atoms with van der Waals surface area (Å²) in [7, 11) is 4.12. The van der Waals surface area contributed by atoms with Gasteiger partial charge in [0.25, 0.3) is 0 Å². The minimum Gasteiger partial charge on any atom is -0.314 e. The van der Waals surface area contributed by atoms with E-state index in [1.165, 1.54) is 23.4 Å². The van der Waals surface area contributed by atoms with Gasteiger partial charge in [0.1, 0.15) is 5.82 Å². The van der Waals surface area contributed by atoms with Crippen molar-refractivity contribution in [1.82, 2.24) is 20.2 Å². The number of nitrogens with zero attached hydrogens (tertiary/aromatic N) is 3. The van der Waals surface area contributed by atoms with Gasteiger partial charge >= 0.3 is 0 Å². The molecule has 1 aliphatic carbocycles. The zero-order chi connectivity index (χ0) is 14.7. The Balaban J connectivity index is 2.09. The molecule has 20 heavy (non-hydrogen) atoms. The predicted octanol–water partition coefficient (Wildman–Crippen LogP) is 1.95. The smallest absolute Gasteiger partial charge is 0.142 e. The fourth-order valence-electron chi connectivity index (χ4n) is 2.85. The van der Waals surface area contributed by atoms with E-state index in [-0.39, 0.29) is 0 Å². The second kappa shape index (κ2) is 6.64. The summed E-state index contributed by atoms with van der Waals surface area (Å²) in [6.07, 6.45) is 3.47. The van der Waals surface area contributed by atoms with Gasteiger partial charge in [0.2, 0.25) is 0 Å². The standard InChI is InChI=1S/C16H28N4/c1-11(2)17-9-13-6-7-15-14(8-13)12(3)18-16(19-15)10-20(4)5/h11,13,17H,6-10H2,1-5H3. The first-order valence-electron chi connectivity index (χ1n) is 7.69. The van der Waals surface area contributed by atoms with Crippen LogP contribution in [0, 0.1) is 12.8 Å². The highest BCUT2D eigenvalue weighted by molar-refractivity contribution is 5.28. The molecular formula is C16H28N4. The van der Waals surface area contributed by atoms with Crippen molar-refractivity contribution in [3.8, 4) is 0 Å². The first-order valence-corrected chi connectivity index (χ1v) is 7.69. The van der Waals surface area contributed by atoms with Crippen LogP contribution in [0.1, 0.15) is 43.0 Å². The van der Waals surface area contributed by atoms with Crippen molar-refractivity contribution in [2.75, 3.05) is 20.6 Å². The van der Waals surface area contributed by atoms with Gasteiger partial charge in [-0.3, -0.25) is 0 Å². The van der Waals surface area contributed by atoms with Gasteiger partial charge in [0.05, 0.1) is 6.54 Å². The number of fused-ring (bicyclic) bond motifs is 1. The molecule has 1 atom stereocenters. The topological polar surface area (TPSA) is 41.1 Å². The summed E-state index contributed by atoms with van der Waals surface area (Å²) in [6.45, 7) is 8.48. The molecule has 0 saturated heterocycles. The van der Waals surface area contributed by atoms with Crippen LogP contribution in [0.15, 0.2) is 0 Å². The molecule has 0 bridgehead atoms. The Morgan fingerprint density at radius 3 is 2.70 bits per heavy atom. The van der Waals surface area contributed by atoms with Crippen LogP contribution < -0.4 is 5.32 Å². The van der Waals surface area contributed by atoms with Gasteiger partial charge in [-0.15, -0.1) is 0 Å². The third-order valence-electron chi connectivity index (χ3n) is 3.90. The van der Waals surface area contributed by atoms with Gasteiger partial charge in [-0.2, -0.15) is 0 Å². The summed E-state index contributed by atoms with van der Waals surface area (Å²) in [6, 6.07) is 0.566. The number of hydrogen-bond donors (Lipinski definition) is 1. The van der Waals surface area contributed by atoms with E-state index in [0.29, 0.717) is 6.04 Å². The van der Waals surface area contributed by atoms with Crippen molar-refractivity contribution in [3.05, 3.63) is 22.8 Å². The minimum absolute atomic E-state index is 0.566. The van der Waals surface area contributed by atoms with Crippen molar-refractivity contribution in [2.45, 2.75) is 52.6 Å². The summed E-state index contributed by atoms with van der Waals surface area (Å²) in [5.74, 6) is 1.69. The first-order chi connectivity index (χ1) is 9.45. The van der Waals surface area contributed by atoms with E-state index in [1.807, 2.05) is 0 Å². The van der Waals surface area contributed by atoms with Crippen molar-refractivity contribution >= 4 is 0 Å². The van der Waals surface area contributed by atoms with Gasteiger partial charge in [0.15, 0.2) is 0 Å². The van der Waals surface area contributed by atoms with Crippen LogP contribution in [0.3, 0.4) is 0 Å². The summed E-state index contributed by atoms with van der Waals surface area (Å²) < 4.78 is 0. The minimum atomic E-state index is 0.566. The van der Waals surface area contributed by atoms with E-state index in [4.69, 9.17) is 4.98 Å². The Morgan fingerprint density at radius 2 is 2.05 bits per heavy atom. The maximum absolute atomic E-state index is 4.77. The molecule has 1 aliphatic rings. The SMILES string of the molecule is Cc1nc(CN(C)C)nc2c1CC(CNC(C)C)CC2. The molecule has 2 rings (SSSR count). The van der Waals surface area contributed by atoms with Crippen LogP contribution in [0.4, 0.5) is 0 Å². The maximum atomic E-state index is 4.77. The van der Waals surface area contributed by atoms with Gasteiger partial charge < -0.3 is 10.2 Å². The van der Waals surface area contributed by atoms with E-state index in [9.17, 15) is 0 Å². The van der Waals surface area contributed by atoms with E-state index in [2.05, 4.69) is 50.1 Å². The van der Waals surface area contributed by atoms with Crippen LogP contribution in [-0.2, 0) is 19.4 Å². The molecule has 1 heterocycles.